The van der Waals surface area contributed by atoms with Gasteiger partial charge in [0.05, 0.1) is 5.56 Å². The summed E-state index contributed by atoms with van der Waals surface area (Å²) in [6.07, 6.45) is 6.41. The van der Waals surface area contributed by atoms with Gasteiger partial charge in [-0.05, 0) is 25.0 Å². The third-order valence-corrected chi connectivity index (χ3v) is 3.71. The summed E-state index contributed by atoms with van der Waals surface area (Å²) in [5.41, 5.74) is 0.175. The van der Waals surface area contributed by atoms with E-state index in [0.29, 0.717) is 0 Å². The van der Waals surface area contributed by atoms with Crippen LogP contribution in [0.4, 0.5) is 4.79 Å². The Bertz CT molecular complexity index is 571. The summed E-state index contributed by atoms with van der Waals surface area (Å²) in [7, 11) is 0. The van der Waals surface area contributed by atoms with E-state index in [1.54, 1.807) is 0 Å². The van der Waals surface area contributed by atoms with Crippen LogP contribution >= 0.6 is 11.6 Å². The van der Waals surface area contributed by atoms with Crippen molar-refractivity contribution in [1.29, 1.82) is 0 Å². The van der Waals surface area contributed by atoms with Crippen molar-refractivity contribution in [3.8, 4) is 0 Å². The van der Waals surface area contributed by atoms with Crippen molar-refractivity contribution in [3.63, 3.8) is 0 Å². The lowest BCUT2D eigenvalue weighted by molar-refractivity contribution is -0.123. The summed E-state index contributed by atoms with van der Waals surface area (Å²) < 4.78 is 4.81. The maximum absolute atomic E-state index is 11.7. The highest BCUT2D eigenvalue weighted by Gasteiger charge is 2.17. The monoisotopic (exact) mass is 339 g/mol. The Morgan fingerprint density at radius 1 is 1.22 bits per heavy atom. The number of nitrogens with zero attached hydrogens (tertiary/aromatic N) is 1. The molecule has 1 saturated carbocycles. The van der Waals surface area contributed by atoms with Gasteiger partial charge in [-0.25, -0.2) is 14.6 Å². The second-order valence-electron chi connectivity index (χ2n) is 5.30. The quantitative estimate of drug-likeness (QED) is 0.646. The van der Waals surface area contributed by atoms with Crippen molar-refractivity contribution in [3.05, 3.63) is 29.0 Å². The number of hydrogen-bond acceptors (Lipinski definition) is 5. The van der Waals surface area contributed by atoms with Crippen LogP contribution in [0.15, 0.2) is 18.3 Å². The SMILES string of the molecule is O=C(COC(=O)c1ccc(Cl)nc1)NC(=O)NC1CCCCC1. The molecular formula is C15H18ClN3O4. The van der Waals surface area contributed by atoms with Crippen LogP contribution in [0.2, 0.25) is 5.15 Å². The molecule has 3 amide bonds. The summed E-state index contributed by atoms with van der Waals surface area (Å²) in [5.74, 6) is -1.40. The van der Waals surface area contributed by atoms with E-state index in [9.17, 15) is 14.4 Å². The Kier molecular flexibility index (Phi) is 6.34. The first-order chi connectivity index (χ1) is 11.0. The first-order valence-electron chi connectivity index (χ1n) is 7.43. The number of nitrogens with one attached hydrogen (secondary N) is 2. The van der Waals surface area contributed by atoms with Gasteiger partial charge in [0.25, 0.3) is 5.91 Å². The second kappa shape index (κ2) is 8.47. The molecule has 2 N–H and O–H groups in total. The summed E-state index contributed by atoms with van der Waals surface area (Å²) in [6, 6.07) is 2.41. The van der Waals surface area contributed by atoms with E-state index in [2.05, 4.69) is 15.6 Å². The van der Waals surface area contributed by atoms with Crippen LogP contribution in [0.3, 0.4) is 0 Å². The van der Waals surface area contributed by atoms with Gasteiger partial charge < -0.3 is 10.1 Å². The molecule has 0 atom stereocenters. The largest absolute Gasteiger partial charge is 0.452 e. The van der Waals surface area contributed by atoms with E-state index in [0.717, 1.165) is 25.7 Å². The number of hydrogen-bond donors (Lipinski definition) is 2. The Morgan fingerprint density at radius 2 is 1.96 bits per heavy atom. The van der Waals surface area contributed by atoms with Gasteiger partial charge in [-0.1, -0.05) is 30.9 Å². The average Bonchev–Trinajstić information content (AvgIpc) is 2.54. The normalized spacial score (nSPS) is 14.8. The van der Waals surface area contributed by atoms with Crippen molar-refractivity contribution in [2.75, 3.05) is 6.61 Å². The van der Waals surface area contributed by atoms with Gasteiger partial charge in [0, 0.05) is 12.2 Å². The van der Waals surface area contributed by atoms with Crippen molar-refractivity contribution in [2.45, 2.75) is 38.1 Å². The van der Waals surface area contributed by atoms with Crippen LogP contribution in [-0.2, 0) is 9.53 Å². The molecule has 1 aliphatic rings. The lowest BCUT2D eigenvalue weighted by Gasteiger charge is -2.22. The molecule has 0 saturated heterocycles. The number of imide groups is 1. The molecule has 1 aliphatic carbocycles. The molecule has 0 aliphatic heterocycles. The van der Waals surface area contributed by atoms with E-state index in [1.165, 1.54) is 24.8 Å². The van der Waals surface area contributed by atoms with E-state index in [4.69, 9.17) is 16.3 Å². The van der Waals surface area contributed by atoms with Crippen molar-refractivity contribution in [2.24, 2.45) is 0 Å². The first kappa shape index (κ1) is 17.2. The highest BCUT2D eigenvalue weighted by molar-refractivity contribution is 6.29. The molecule has 0 radical (unpaired) electrons. The molecule has 1 fully saturated rings. The van der Waals surface area contributed by atoms with Gasteiger partial charge in [0.1, 0.15) is 5.15 Å². The van der Waals surface area contributed by atoms with Crippen LogP contribution in [-0.4, -0.2) is 35.5 Å². The Balaban J connectivity index is 1.70. The maximum Gasteiger partial charge on any atom is 0.340 e. The number of carbonyl (C=O) groups excluding carboxylic acids is 3. The highest BCUT2D eigenvalue weighted by atomic mass is 35.5. The number of aromatic nitrogens is 1. The molecule has 8 heteroatoms. The highest BCUT2D eigenvalue weighted by Crippen LogP contribution is 2.17. The minimum Gasteiger partial charge on any atom is -0.452 e. The Labute approximate surface area is 138 Å². The standard InChI is InChI=1S/C15H18ClN3O4/c16-12-7-6-10(8-17-12)14(21)23-9-13(20)19-15(22)18-11-4-2-1-3-5-11/h6-8,11H,1-5,9H2,(H2,18,19,20,22). The topological polar surface area (TPSA) is 97.4 Å². The van der Waals surface area contributed by atoms with Gasteiger partial charge in [0.2, 0.25) is 0 Å². The third kappa shape index (κ3) is 5.86. The predicted molar refractivity (Wildman–Crippen MR) is 83.1 cm³/mol. The Hall–Kier alpha value is -2.15. The van der Waals surface area contributed by atoms with Crippen LogP contribution in [0.5, 0.6) is 0 Å². The molecule has 1 aromatic rings. The fourth-order valence-corrected chi connectivity index (χ4v) is 2.45. The molecule has 1 aromatic heterocycles. The average molecular weight is 340 g/mol. The maximum atomic E-state index is 11.7. The zero-order chi connectivity index (χ0) is 16.7. The third-order valence-electron chi connectivity index (χ3n) is 3.49. The Morgan fingerprint density at radius 3 is 2.61 bits per heavy atom. The molecule has 0 spiro atoms. The molecule has 0 unspecified atom stereocenters. The molecule has 1 heterocycles. The molecular weight excluding hydrogens is 322 g/mol. The predicted octanol–water partition coefficient (Wildman–Crippen LogP) is 2.05. The van der Waals surface area contributed by atoms with E-state index in [-0.39, 0.29) is 16.8 Å². The molecule has 7 nitrogen and oxygen atoms in total. The van der Waals surface area contributed by atoms with Crippen molar-refractivity contribution in [1.82, 2.24) is 15.6 Å². The van der Waals surface area contributed by atoms with Gasteiger partial charge >= 0.3 is 12.0 Å². The number of urea groups is 1. The van der Waals surface area contributed by atoms with Crippen LogP contribution in [0.1, 0.15) is 42.5 Å². The van der Waals surface area contributed by atoms with Crippen LogP contribution in [0, 0.1) is 0 Å². The summed E-state index contributed by atoms with van der Waals surface area (Å²) in [5, 5.41) is 5.13. The van der Waals surface area contributed by atoms with Gasteiger partial charge in [-0.2, -0.15) is 0 Å². The number of carbonyl (C=O) groups is 3. The summed E-state index contributed by atoms with van der Waals surface area (Å²) in [6.45, 7) is -0.542. The zero-order valence-electron chi connectivity index (χ0n) is 12.5. The fourth-order valence-electron chi connectivity index (χ4n) is 2.34. The second-order valence-corrected chi connectivity index (χ2v) is 5.69. The number of esters is 1. The number of halogens is 1. The van der Waals surface area contributed by atoms with Crippen LogP contribution < -0.4 is 10.6 Å². The van der Waals surface area contributed by atoms with Crippen molar-refractivity contribution < 1.29 is 19.1 Å². The lowest BCUT2D eigenvalue weighted by Crippen LogP contribution is -2.46. The number of amides is 3. The van der Waals surface area contributed by atoms with Crippen LogP contribution in [0.25, 0.3) is 0 Å². The molecule has 124 valence electrons. The zero-order valence-corrected chi connectivity index (χ0v) is 13.3. The number of ether oxygens (including phenoxy) is 1. The number of pyridine rings is 1. The van der Waals surface area contributed by atoms with Crippen molar-refractivity contribution >= 4 is 29.5 Å². The van der Waals surface area contributed by atoms with E-state index >= 15 is 0 Å². The summed E-state index contributed by atoms with van der Waals surface area (Å²) >= 11 is 5.61. The van der Waals surface area contributed by atoms with E-state index in [1.807, 2.05) is 0 Å². The first-order valence-corrected chi connectivity index (χ1v) is 7.81. The number of rotatable bonds is 4. The molecule has 2 rings (SSSR count). The minimum absolute atomic E-state index is 0.0965. The minimum atomic E-state index is -0.711. The van der Waals surface area contributed by atoms with Gasteiger partial charge in [0.15, 0.2) is 6.61 Å². The smallest absolute Gasteiger partial charge is 0.340 e. The fraction of sp³-hybridized carbons (Fsp3) is 0.467. The molecule has 23 heavy (non-hydrogen) atoms. The van der Waals surface area contributed by atoms with Gasteiger partial charge in [-0.15, -0.1) is 0 Å². The molecule has 0 aromatic carbocycles. The van der Waals surface area contributed by atoms with E-state index < -0.39 is 24.5 Å². The van der Waals surface area contributed by atoms with Gasteiger partial charge in [-0.3, -0.25) is 10.1 Å². The lowest BCUT2D eigenvalue weighted by atomic mass is 9.96. The summed E-state index contributed by atoms with van der Waals surface area (Å²) in [4.78, 5) is 38.7. The molecule has 0 bridgehead atoms.